The van der Waals surface area contributed by atoms with Crippen LogP contribution < -0.4 is 5.32 Å². The van der Waals surface area contributed by atoms with Crippen LogP contribution >= 0.6 is 0 Å². The summed E-state index contributed by atoms with van der Waals surface area (Å²) >= 11 is 0. The number of aliphatic carboxylic acids is 1. The number of nitrogens with one attached hydrogen (secondary N) is 1. The Morgan fingerprint density at radius 1 is 1.25 bits per heavy atom. The van der Waals surface area contributed by atoms with Crippen LogP contribution in [-0.2, 0) is 11.3 Å². The van der Waals surface area contributed by atoms with Gasteiger partial charge in [0.25, 0.3) is 5.91 Å². The van der Waals surface area contributed by atoms with Crippen molar-refractivity contribution in [2.45, 2.75) is 40.3 Å². The molecule has 24 heavy (non-hydrogen) atoms. The quantitative estimate of drug-likeness (QED) is 0.852. The molecule has 6 heteroatoms. The molecule has 0 unspecified atom stereocenters. The van der Waals surface area contributed by atoms with Crippen LogP contribution in [0.1, 0.15) is 41.2 Å². The maximum Gasteiger partial charge on any atom is 0.326 e. The predicted molar refractivity (Wildman–Crippen MR) is 91.0 cm³/mol. The minimum Gasteiger partial charge on any atom is -0.480 e. The van der Waals surface area contributed by atoms with Gasteiger partial charge in [-0.3, -0.25) is 9.48 Å². The molecule has 0 bridgehead atoms. The molecule has 2 rings (SSSR count). The highest BCUT2D eigenvalue weighted by Gasteiger charge is 2.23. The number of aromatic nitrogens is 2. The van der Waals surface area contributed by atoms with Gasteiger partial charge in [0.15, 0.2) is 0 Å². The van der Waals surface area contributed by atoms with Gasteiger partial charge < -0.3 is 10.4 Å². The second-order valence-electron chi connectivity index (χ2n) is 6.32. The molecule has 1 aromatic carbocycles. The lowest BCUT2D eigenvalue weighted by molar-refractivity contribution is -0.140. The molecule has 1 amide bonds. The Morgan fingerprint density at radius 3 is 2.50 bits per heavy atom. The number of carboxylic acids is 1. The van der Waals surface area contributed by atoms with Gasteiger partial charge in [0.1, 0.15) is 6.04 Å². The molecular formula is C18H23N3O3. The number of carboxylic acid groups (broad SMARTS) is 1. The van der Waals surface area contributed by atoms with E-state index in [1.165, 1.54) is 0 Å². The lowest BCUT2D eigenvalue weighted by Gasteiger charge is -2.18. The summed E-state index contributed by atoms with van der Waals surface area (Å²) in [5, 5.41) is 16.2. The maximum absolute atomic E-state index is 12.3. The van der Waals surface area contributed by atoms with E-state index in [-0.39, 0.29) is 11.8 Å². The van der Waals surface area contributed by atoms with Gasteiger partial charge in [0, 0.05) is 11.3 Å². The van der Waals surface area contributed by atoms with Crippen molar-refractivity contribution in [3.05, 3.63) is 52.8 Å². The number of carbonyl (C=O) groups excluding carboxylic acids is 1. The molecule has 6 nitrogen and oxygen atoms in total. The van der Waals surface area contributed by atoms with Gasteiger partial charge in [-0.1, -0.05) is 26.0 Å². The highest BCUT2D eigenvalue weighted by Crippen LogP contribution is 2.11. The van der Waals surface area contributed by atoms with E-state index in [1.807, 2.05) is 30.7 Å². The first-order chi connectivity index (χ1) is 11.3. The molecule has 0 saturated carbocycles. The first kappa shape index (κ1) is 17.7. The highest BCUT2D eigenvalue weighted by molar-refractivity contribution is 5.96. The molecule has 2 aromatic rings. The van der Waals surface area contributed by atoms with Crippen LogP contribution in [0.25, 0.3) is 0 Å². The molecule has 0 aliphatic rings. The lowest BCUT2D eigenvalue weighted by atomic mass is 10.0. The van der Waals surface area contributed by atoms with Crippen molar-refractivity contribution in [3.8, 4) is 0 Å². The normalized spacial score (nSPS) is 12.2. The van der Waals surface area contributed by atoms with Gasteiger partial charge in [-0.05, 0) is 43.5 Å². The number of nitrogens with zero attached hydrogens (tertiary/aromatic N) is 2. The average Bonchev–Trinajstić information content (AvgIpc) is 2.81. The van der Waals surface area contributed by atoms with Crippen LogP contribution in [0.2, 0.25) is 0 Å². The maximum atomic E-state index is 12.3. The number of hydrogen-bond acceptors (Lipinski definition) is 3. The zero-order chi connectivity index (χ0) is 17.9. The zero-order valence-corrected chi connectivity index (χ0v) is 14.4. The van der Waals surface area contributed by atoms with E-state index in [0.717, 1.165) is 17.0 Å². The van der Waals surface area contributed by atoms with E-state index >= 15 is 0 Å². The summed E-state index contributed by atoms with van der Waals surface area (Å²) in [5.41, 5.74) is 3.38. The summed E-state index contributed by atoms with van der Waals surface area (Å²) in [5.74, 6) is -1.60. The van der Waals surface area contributed by atoms with Gasteiger partial charge in [0.2, 0.25) is 0 Å². The summed E-state index contributed by atoms with van der Waals surface area (Å²) in [4.78, 5) is 23.6. The van der Waals surface area contributed by atoms with Crippen molar-refractivity contribution >= 4 is 11.9 Å². The Balaban J connectivity index is 2.16. The average molecular weight is 329 g/mol. The van der Waals surface area contributed by atoms with Crippen molar-refractivity contribution in [1.29, 1.82) is 0 Å². The minimum absolute atomic E-state index is 0.190. The van der Waals surface area contributed by atoms with Crippen LogP contribution in [0.3, 0.4) is 0 Å². The molecule has 0 fully saturated rings. The third kappa shape index (κ3) is 4.22. The van der Waals surface area contributed by atoms with Crippen molar-refractivity contribution in [2.75, 3.05) is 0 Å². The second-order valence-corrected chi connectivity index (χ2v) is 6.32. The van der Waals surface area contributed by atoms with Crippen molar-refractivity contribution < 1.29 is 14.7 Å². The van der Waals surface area contributed by atoms with E-state index in [2.05, 4.69) is 10.4 Å². The fourth-order valence-corrected chi connectivity index (χ4v) is 2.56. The van der Waals surface area contributed by atoms with Crippen LogP contribution in [0.5, 0.6) is 0 Å². The molecule has 1 heterocycles. The zero-order valence-electron chi connectivity index (χ0n) is 14.4. The van der Waals surface area contributed by atoms with E-state index in [9.17, 15) is 14.7 Å². The Bertz CT molecular complexity index is 750. The predicted octanol–water partition coefficient (Wildman–Crippen LogP) is 2.39. The second kappa shape index (κ2) is 7.29. The summed E-state index contributed by atoms with van der Waals surface area (Å²) in [7, 11) is 0. The standard InChI is InChI=1S/C18H23N3O3/c1-11(2)16(18(23)24)19-17(22)15-7-5-6-14(9-15)10-21-13(4)8-12(3)20-21/h5-9,11,16H,10H2,1-4H3,(H,19,22)(H,23,24)/t16-/m1/s1. The summed E-state index contributed by atoms with van der Waals surface area (Å²) in [6.45, 7) is 8.01. The van der Waals surface area contributed by atoms with E-state index in [1.54, 1.807) is 32.0 Å². The summed E-state index contributed by atoms with van der Waals surface area (Å²) < 4.78 is 1.88. The number of hydrogen-bond donors (Lipinski definition) is 2. The van der Waals surface area contributed by atoms with E-state index in [0.29, 0.717) is 12.1 Å². The van der Waals surface area contributed by atoms with Crippen molar-refractivity contribution in [1.82, 2.24) is 15.1 Å². The van der Waals surface area contributed by atoms with Crippen LogP contribution in [0.4, 0.5) is 0 Å². The Hall–Kier alpha value is -2.63. The Morgan fingerprint density at radius 2 is 1.96 bits per heavy atom. The molecule has 0 aliphatic heterocycles. The third-order valence-corrected chi connectivity index (χ3v) is 3.84. The minimum atomic E-state index is -1.03. The molecule has 0 aliphatic carbocycles. The molecular weight excluding hydrogens is 306 g/mol. The highest BCUT2D eigenvalue weighted by atomic mass is 16.4. The molecule has 1 atom stereocenters. The van der Waals surface area contributed by atoms with Crippen LogP contribution in [0.15, 0.2) is 30.3 Å². The fourth-order valence-electron chi connectivity index (χ4n) is 2.56. The van der Waals surface area contributed by atoms with Gasteiger partial charge >= 0.3 is 5.97 Å². The van der Waals surface area contributed by atoms with E-state index in [4.69, 9.17) is 0 Å². The number of carbonyl (C=O) groups is 2. The van der Waals surface area contributed by atoms with Gasteiger partial charge in [-0.25, -0.2) is 4.79 Å². The first-order valence-corrected chi connectivity index (χ1v) is 7.91. The smallest absolute Gasteiger partial charge is 0.326 e. The van der Waals surface area contributed by atoms with E-state index < -0.39 is 12.0 Å². The SMILES string of the molecule is Cc1cc(C)n(Cc2cccc(C(=O)N[C@@H](C(=O)O)C(C)C)c2)n1. The van der Waals surface area contributed by atoms with Gasteiger partial charge in [0.05, 0.1) is 12.2 Å². The molecule has 0 saturated heterocycles. The number of amides is 1. The Kier molecular flexibility index (Phi) is 5.39. The van der Waals surface area contributed by atoms with Crippen LogP contribution in [-0.4, -0.2) is 32.8 Å². The Labute approximate surface area is 141 Å². The van der Waals surface area contributed by atoms with Crippen molar-refractivity contribution in [2.24, 2.45) is 5.92 Å². The molecule has 0 spiro atoms. The molecule has 2 N–H and O–H groups in total. The number of aryl methyl sites for hydroxylation is 2. The lowest BCUT2D eigenvalue weighted by Crippen LogP contribution is -2.44. The largest absolute Gasteiger partial charge is 0.480 e. The number of benzene rings is 1. The summed E-state index contributed by atoms with van der Waals surface area (Å²) in [6.07, 6.45) is 0. The molecule has 128 valence electrons. The monoisotopic (exact) mass is 329 g/mol. The third-order valence-electron chi connectivity index (χ3n) is 3.84. The summed E-state index contributed by atoms with van der Waals surface area (Å²) in [6, 6.07) is 8.25. The van der Waals surface area contributed by atoms with Gasteiger partial charge in [-0.15, -0.1) is 0 Å². The fraction of sp³-hybridized carbons (Fsp3) is 0.389. The topological polar surface area (TPSA) is 84.2 Å². The first-order valence-electron chi connectivity index (χ1n) is 7.91. The van der Waals surface area contributed by atoms with Crippen LogP contribution in [0, 0.1) is 19.8 Å². The molecule has 0 radical (unpaired) electrons. The number of rotatable bonds is 6. The molecule has 1 aromatic heterocycles. The van der Waals surface area contributed by atoms with Crippen molar-refractivity contribution in [3.63, 3.8) is 0 Å². The van der Waals surface area contributed by atoms with Gasteiger partial charge in [-0.2, -0.15) is 5.10 Å².